The van der Waals surface area contributed by atoms with Crippen molar-refractivity contribution in [1.82, 2.24) is 0 Å². The molecule has 2 heterocycles. The molecule has 2 aliphatic heterocycles. The standard InChI is InChI=1S/C29H40O5/c1-18(2)19-10-20(25-21(11-19)16-31-28(6,7)33-25)14-30-15-22-12-24(27(3,4)5)13-23-17-32-29(8,9)34-26(22)23/h10-13,18H,14-17H2,1-9H3. The molecular formula is C29H40O5. The minimum absolute atomic E-state index is 0.0147. The fourth-order valence-corrected chi connectivity index (χ4v) is 4.32. The molecule has 0 aromatic heterocycles. The molecule has 34 heavy (non-hydrogen) atoms. The van der Waals surface area contributed by atoms with Crippen LogP contribution < -0.4 is 9.47 Å². The van der Waals surface area contributed by atoms with Crippen LogP contribution in [0.2, 0.25) is 0 Å². The van der Waals surface area contributed by atoms with E-state index < -0.39 is 11.6 Å². The lowest BCUT2D eigenvalue weighted by Crippen LogP contribution is -2.36. The summed E-state index contributed by atoms with van der Waals surface area (Å²) in [5, 5.41) is 0. The molecule has 5 nitrogen and oxygen atoms in total. The van der Waals surface area contributed by atoms with Gasteiger partial charge >= 0.3 is 0 Å². The van der Waals surface area contributed by atoms with Gasteiger partial charge in [0.05, 0.1) is 26.4 Å². The van der Waals surface area contributed by atoms with Gasteiger partial charge in [-0.3, -0.25) is 0 Å². The van der Waals surface area contributed by atoms with Gasteiger partial charge in [0.25, 0.3) is 0 Å². The Morgan fingerprint density at radius 3 is 1.79 bits per heavy atom. The molecule has 0 atom stereocenters. The van der Waals surface area contributed by atoms with Gasteiger partial charge in [-0.25, -0.2) is 0 Å². The van der Waals surface area contributed by atoms with Crippen molar-refractivity contribution >= 4 is 0 Å². The van der Waals surface area contributed by atoms with Crippen LogP contribution in [-0.2, 0) is 46.1 Å². The maximum Gasteiger partial charge on any atom is 0.205 e. The van der Waals surface area contributed by atoms with Crippen molar-refractivity contribution in [3.8, 4) is 11.5 Å². The van der Waals surface area contributed by atoms with E-state index in [0.717, 1.165) is 33.8 Å². The molecule has 0 amide bonds. The van der Waals surface area contributed by atoms with Crippen molar-refractivity contribution in [2.45, 2.75) is 112 Å². The molecular weight excluding hydrogens is 428 g/mol. The van der Waals surface area contributed by atoms with Crippen LogP contribution in [0.15, 0.2) is 24.3 Å². The number of fused-ring (bicyclic) bond motifs is 2. The van der Waals surface area contributed by atoms with E-state index in [9.17, 15) is 0 Å². The van der Waals surface area contributed by atoms with Crippen molar-refractivity contribution in [2.24, 2.45) is 0 Å². The summed E-state index contributed by atoms with van der Waals surface area (Å²) in [6.07, 6.45) is 0. The van der Waals surface area contributed by atoms with Gasteiger partial charge in [-0.1, -0.05) is 34.6 Å². The number of rotatable bonds is 5. The second-order valence-corrected chi connectivity index (χ2v) is 11.8. The first-order chi connectivity index (χ1) is 15.7. The lowest BCUT2D eigenvalue weighted by molar-refractivity contribution is -0.181. The van der Waals surface area contributed by atoms with Gasteiger partial charge in [-0.15, -0.1) is 0 Å². The van der Waals surface area contributed by atoms with Crippen LogP contribution in [0.3, 0.4) is 0 Å². The number of benzene rings is 2. The largest absolute Gasteiger partial charge is 0.462 e. The van der Waals surface area contributed by atoms with E-state index in [2.05, 4.69) is 58.9 Å². The Kier molecular flexibility index (Phi) is 6.52. The zero-order valence-electron chi connectivity index (χ0n) is 22.3. The Morgan fingerprint density at radius 2 is 1.29 bits per heavy atom. The van der Waals surface area contributed by atoms with Crippen molar-refractivity contribution in [1.29, 1.82) is 0 Å². The molecule has 0 radical (unpaired) electrons. The Labute approximate surface area is 204 Å². The van der Waals surface area contributed by atoms with Crippen molar-refractivity contribution in [3.63, 3.8) is 0 Å². The Morgan fingerprint density at radius 1 is 0.794 bits per heavy atom. The zero-order valence-corrected chi connectivity index (χ0v) is 22.3. The molecule has 2 aromatic carbocycles. The minimum atomic E-state index is -0.658. The molecule has 0 saturated heterocycles. The normalized spacial score (nSPS) is 18.6. The maximum absolute atomic E-state index is 6.34. The van der Waals surface area contributed by atoms with Crippen LogP contribution in [0.25, 0.3) is 0 Å². The summed E-state index contributed by atoms with van der Waals surface area (Å²) in [7, 11) is 0. The summed E-state index contributed by atoms with van der Waals surface area (Å²) >= 11 is 0. The predicted molar refractivity (Wildman–Crippen MR) is 133 cm³/mol. The molecule has 5 heteroatoms. The van der Waals surface area contributed by atoms with Crippen LogP contribution >= 0.6 is 0 Å². The zero-order chi connectivity index (χ0) is 24.9. The van der Waals surface area contributed by atoms with Crippen LogP contribution in [0, 0.1) is 0 Å². The summed E-state index contributed by atoms with van der Waals surface area (Å²) in [6, 6.07) is 8.82. The monoisotopic (exact) mass is 468 g/mol. The van der Waals surface area contributed by atoms with Gasteiger partial charge in [-0.05, 0) is 46.7 Å². The second kappa shape index (κ2) is 8.85. The molecule has 0 bridgehead atoms. The highest BCUT2D eigenvalue weighted by molar-refractivity contribution is 5.48. The van der Waals surface area contributed by atoms with Gasteiger partial charge in [0, 0.05) is 49.9 Å². The number of hydrogen-bond acceptors (Lipinski definition) is 5. The molecule has 0 N–H and O–H groups in total. The molecule has 0 spiro atoms. The van der Waals surface area contributed by atoms with Crippen LogP contribution in [0.1, 0.15) is 102 Å². The Bertz CT molecular complexity index is 1060. The van der Waals surface area contributed by atoms with Crippen LogP contribution in [0.5, 0.6) is 11.5 Å². The van der Waals surface area contributed by atoms with Gasteiger partial charge in [0.2, 0.25) is 11.6 Å². The van der Waals surface area contributed by atoms with Crippen molar-refractivity contribution in [2.75, 3.05) is 0 Å². The Balaban J connectivity index is 1.62. The van der Waals surface area contributed by atoms with Gasteiger partial charge < -0.3 is 23.7 Å². The lowest BCUT2D eigenvalue weighted by atomic mass is 9.84. The summed E-state index contributed by atoms with van der Waals surface area (Å²) < 4.78 is 30.6. The van der Waals surface area contributed by atoms with Crippen molar-refractivity contribution in [3.05, 3.63) is 57.6 Å². The summed E-state index contributed by atoms with van der Waals surface area (Å²) in [5.41, 5.74) is 6.79. The molecule has 0 fully saturated rings. The Hall–Kier alpha value is -2.08. The molecule has 4 rings (SSSR count). The fourth-order valence-electron chi connectivity index (χ4n) is 4.32. The molecule has 2 aliphatic rings. The van der Waals surface area contributed by atoms with Gasteiger partial charge in [0.15, 0.2) is 0 Å². The molecule has 0 aliphatic carbocycles. The molecule has 186 valence electrons. The predicted octanol–water partition coefficient (Wildman–Crippen LogP) is 7.11. The molecule has 0 unspecified atom stereocenters. The first kappa shape index (κ1) is 25.0. The van der Waals surface area contributed by atoms with E-state index >= 15 is 0 Å². The van der Waals surface area contributed by atoms with E-state index in [0.29, 0.717) is 32.3 Å². The smallest absolute Gasteiger partial charge is 0.205 e. The highest BCUT2D eigenvalue weighted by atomic mass is 16.7. The second-order valence-electron chi connectivity index (χ2n) is 11.8. The highest BCUT2D eigenvalue weighted by Crippen LogP contribution is 2.40. The number of ether oxygens (including phenoxy) is 5. The topological polar surface area (TPSA) is 46.2 Å². The summed E-state index contributed by atoms with van der Waals surface area (Å²) in [4.78, 5) is 0. The highest BCUT2D eigenvalue weighted by Gasteiger charge is 2.32. The third-order valence-corrected chi connectivity index (χ3v) is 6.40. The van der Waals surface area contributed by atoms with Gasteiger partial charge in [-0.2, -0.15) is 0 Å². The van der Waals surface area contributed by atoms with Gasteiger partial charge in [0.1, 0.15) is 11.5 Å². The van der Waals surface area contributed by atoms with Crippen molar-refractivity contribution < 1.29 is 23.7 Å². The van der Waals surface area contributed by atoms with E-state index in [1.165, 1.54) is 11.1 Å². The number of hydrogen-bond donors (Lipinski definition) is 0. The van der Waals surface area contributed by atoms with E-state index in [-0.39, 0.29) is 5.41 Å². The maximum atomic E-state index is 6.34. The third kappa shape index (κ3) is 5.42. The lowest BCUT2D eigenvalue weighted by Gasteiger charge is -2.35. The molecule has 0 saturated carbocycles. The average Bonchev–Trinajstić information content (AvgIpc) is 2.72. The SMILES string of the molecule is CC(C)c1cc(COCc2cc(C(C)(C)C)cc3c2OC(C)(C)OC3)c2c(c1)COC(C)(C)O2. The first-order valence-corrected chi connectivity index (χ1v) is 12.3. The average molecular weight is 469 g/mol. The summed E-state index contributed by atoms with van der Waals surface area (Å²) in [6.45, 7) is 20.8. The summed E-state index contributed by atoms with van der Waals surface area (Å²) in [5.74, 6) is 0.866. The van der Waals surface area contributed by atoms with E-state index in [1.807, 2.05) is 27.7 Å². The minimum Gasteiger partial charge on any atom is -0.462 e. The fraction of sp³-hybridized carbons (Fsp3) is 0.586. The van der Waals surface area contributed by atoms with Crippen LogP contribution in [0.4, 0.5) is 0 Å². The van der Waals surface area contributed by atoms with E-state index in [1.54, 1.807) is 0 Å². The van der Waals surface area contributed by atoms with Crippen LogP contribution in [-0.4, -0.2) is 11.6 Å². The third-order valence-electron chi connectivity index (χ3n) is 6.40. The quantitative estimate of drug-likeness (QED) is 0.468. The first-order valence-electron chi connectivity index (χ1n) is 12.3. The molecule has 2 aromatic rings. The van der Waals surface area contributed by atoms with E-state index in [4.69, 9.17) is 23.7 Å².